The summed E-state index contributed by atoms with van der Waals surface area (Å²) < 4.78 is 28.1. The van der Waals surface area contributed by atoms with Crippen molar-refractivity contribution in [2.75, 3.05) is 0 Å². The van der Waals surface area contributed by atoms with E-state index in [1.807, 2.05) is 24.0 Å². The van der Waals surface area contributed by atoms with E-state index in [4.69, 9.17) is 0 Å². The highest BCUT2D eigenvalue weighted by Gasteiger charge is 2.14. The van der Waals surface area contributed by atoms with Crippen molar-refractivity contribution in [3.05, 3.63) is 53.4 Å². The van der Waals surface area contributed by atoms with Gasteiger partial charge in [-0.1, -0.05) is 6.07 Å². The Morgan fingerprint density at radius 1 is 1.24 bits per heavy atom. The van der Waals surface area contributed by atoms with Crippen molar-refractivity contribution in [1.29, 1.82) is 0 Å². The molecule has 3 nitrogen and oxygen atoms in total. The fraction of sp³-hybridized carbons (Fsp3) is 0.438. The number of hydrogen-bond acceptors (Lipinski definition) is 2. The van der Waals surface area contributed by atoms with Crippen LogP contribution < -0.4 is 5.32 Å². The first-order valence-electron chi connectivity index (χ1n) is 7.00. The lowest BCUT2D eigenvalue weighted by atomic mass is 10.1. The van der Waals surface area contributed by atoms with Crippen LogP contribution in [0.4, 0.5) is 8.78 Å². The molecule has 0 amide bonds. The van der Waals surface area contributed by atoms with Crippen LogP contribution >= 0.6 is 0 Å². The molecule has 1 N–H and O–H groups in total. The van der Waals surface area contributed by atoms with Gasteiger partial charge in [0.15, 0.2) is 11.6 Å². The van der Waals surface area contributed by atoms with Gasteiger partial charge < -0.3 is 5.32 Å². The number of halogens is 2. The summed E-state index contributed by atoms with van der Waals surface area (Å²) in [6.07, 6.45) is 3.81. The number of nitrogens with one attached hydrogen (secondary N) is 1. The van der Waals surface area contributed by atoms with Crippen LogP contribution in [0.15, 0.2) is 30.6 Å². The monoisotopic (exact) mass is 293 g/mol. The third kappa shape index (κ3) is 3.88. The molecule has 0 fully saturated rings. The highest BCUT2D eigenvalue weighted by Crippen LogP contribution is 2.17. The SMILES string of the molecule is CC(NCc1cnn(C(C)(C)C)c1)c1ccc(F)c(F)c1. The van der Waals surface area contributed by atoms with Gasteiger partial charge in [-0.15, -0.1) is 0 Å². The van der Waals surface area contributed by atoms with E-state index < -0.39 is 11.6 Å². The maximum atomic E-state index is 13.2. The number of nitrogens with zero attached hydrogens (tertiary/aromatic N) is 2. The van der Waals surface area contributed by atoms with E-state index >= 15 is 0 Å². The standard InChI is InChI=1S/C16H21F2N3/c1-11(13-5-6-14(17)15(18)7-13)19-8-12-9-20-21(10-12)16(2,3)4/h5-7,9-11,19H,8H2,1-4H3. The second-order valence-electron chi connectivity index (χ2n) is 6.24. The van der Waals surface area contributed by atoms with Crippen molar-refractivity contribution in [3.63, 3.8) is 0 Å². The minimum Gasteiger partial charge on any atom is -0.306 e. The van der Waals surface area contributed by atoms with Crippen LogP contribution in [-0.2, 0) is 12.1 Å². The summed E-state index contributed by atoms with van der Waals surface area (Å²) >= 11 is 0. The number of benzene rings is 1. The van der Waals surface area contributed by atoms with Crippen LogP contribution in [0.1, 0.15) is 44.9 Å². The third-order valence-corrected chi connectivity index (χ3v) is 3.38. The molecule has 1 aromatic heterocycles. The Morgan fingerprint density at radius 3 is 2.52 bits per heavy atom. The van der Waals surface area contributed by atoms with Crippen LogP contribution in [0.2, 0.25) is 0 Å². The molecule has 0 aliphatic rings. The van der Waals surface area contributed by atoms with Gasteiger partial charge in [-0.2, -0.15) is 5.10 Å². The molecule has 21 heavy (non-hydrogen) atoms. The zero-order valence-electron chi connectivity index (χ0n) is 12.8. The summed E-state index contributed by atoms with van der Waals surface area (Å²) in [6, 6.07) is 3.90. The molecule has 0 aliphatic heterocycles. The summed E-state index contributed by atoms with van der Waals surface area (Å²) in [5, 5.41) is 7.62. The van der Waals surface area contributed by atoms with Crippen molar-refractivity contribution in [2.45, 2.75) is 45.8 Å². The lowest BCUT2D eigenvalue weighted by Gasteiger charge is -2.18. The molecule has 2 rings (SSSR count). The number of aromatic nitrogens is 2. The van der Waals surface area contributed by atoms with Crippen molar-refractivity contribution >= 4 is 0 Å². The van der Waals surface area contributed by atoms with Crippen LogP contribution in [-0.4, -0.2) is 9.78 Å². The highest BCUT2D eigenvalue weighted by atomic mass is 19.2. The second kappa shape index (κ2) is 5.93. The Kier molecular flexibility index (Phi) is 4.42. The van der Waals surface area contributed by atoms with Gasteiger partial charge in [0.2, 0.25) is 0 Å². The van der Waals surface area contributed by atoms with Gasteiger partial charge in [0.05, 0.1) is 11.7 Å². The van der Waals surface area contributed by atoms with E-state index in [0.717, 1.165) is 17.2 Å². The zero-order chi connectivity index (χ0) is 15.6. The molecule has 0 spiro atoms. The molecular formula is C16H21F2N3. The molecule has 0 saturated heterocycles. The molecule has 0 radical (unpaired) electrons. The zero-order valence-corrected chi connectivity index (χ0v) is 12.8. The molecule has 1 unspecified atom stereocenters. The molecule has 2 aromatic rings. The van der Waals surface area contributed by atoms with Gasteiger partial charge in [-0.05, 0) is 45.4 Å². The minimum atomic E-state index is -0.822. The highest BCUT2D eigenvalue weighted by molar-refractivity contribution is 5.21. The summed E-state index contributed by atoms with van der Waals surface area (Å²) in [4.78, 5) is 0. The molecule has 114 valence electrons. The lowest BCUT2D eigenvalue weighted by molar-refractivity contribution is 0.355. The van der Waals surface area contributed by atoms with E-state index in [-0.39, 0.29) is 11.6 Å². The predicted octanol–water partition coefficient (Wildman–Crippen LogP) is 3.77. The average Bonchev–Trinajstić information content (AvgIpc) is 2.88. The first kappa shape index (κ1) is 15.6. The molecule has 5 heteroatoms. The maximum absolute atomic E-state index is 13.2. The molecule has 0 saturated carbocycles. The van der Waals surface area contributed by atoms with Gasteiger partial charge in [-0.25, -0.2) is 8.78 Å². The summed E-state index contributed by atoms with van der Waals surface area (Å²) in [5.74, 6) is -1.64. The van der Waals surface area contributed by atoms with Crippen LogP contribution in [0.3, 0.4) is 0 Å². The molecule has 0 bridgehead atoms. The van der Waals surface area contributed by atoms with Gasteiger partial charge in [0, 0.05) is 24.3 Å². The van der Waals surface area contributed by atoms with E-state index in [1.165, 1.54) is 6.07 Å². The predicted molar refractivity (Wildman–Crippen MR) is 78.8 cm³/mol. The van der Waals surface area contributed by atoms with E-state index in [1.54, 1.807) is 6.07 Å². The van der Waals surface area contributed by atoms with Gasteiger partial charge in [0.1, 0.15) is 0 Å². The quantitative estimate of drug-likeness (QED) is 0.930. The summed E-state index contributed by atoms with van der Waals surface area (Å²) in [6.45, 7) is 8.79. The van der Waals surface area contributed by atoms with Crippen molar-refractivity contribution in [2.24, 2.45) is 0 Å². The Balaban J connectivity index is 1.99. The largest absolute Gasteiger partial charge is 0.306 e. The minimum absolute atomic E-state index is 0.0516. The number of hydrogen-bond donors (Lipinski definition) is 1. The van der Waals surface area contributed by atoms with Crippen LogP contribution in [0.5, 0.6) is 0 Å². The first-order valence-corrected chi connectivity index (χ1v) is 7.00. The smallest absolute Gasteiger partial charge is 0.159 e. The van der Waals surface area contributed by atoms with Crippen molar-refractivity contribution < 1.29 is 8.78 Å². The Hall–Kier alpha value is -1.75. The molecule has 1 heterocycles. The van der Waals surface area contributed by atoms with E-state index in [0.29, 0.717) is 6.54 Å². The maximum Gasteiger partial charge on any atom is 0.159 e. The lowest BCUT2D eigenvalue weighted by Crippen LogP contribution is -2.22. The van der Waals surface area contributed by atoms with Gasteiger partial charge >= 0.3 is 0 Å². The fourth-order valence-corrected chi connectivity index (χ4v) is 1.99. The normalized spacial score (nSPS) is 13.4. The Morgan fingerprint density at radius 2 is 1.95 bits per heavy atom. The van der Waals surface area contributed by atoms with Gasteiger partial charge in [-0.3, -0.25) is 4.68 Å². The van der Waals surface area contributed by atoms with Crippen LogP contribution in [0.25, 0.3) is 0 Å². The molecule has 0 aliphatic carbocycles. The molecule has 1 aromatic carbocycles. The fourth-order valence-electron chi connectivity index (χ4n) is 1.99. The van der Waals surface area contributed by atoms with E-state index in [2.05, 4.69) is 31.2 Å². The average molecular weight is 293 g/mol. The molecular weight excluding hydrogens is 272 g/mol. The first-order chi connectivity index (χ1) is 9.77. The summed E-state index contributed by atoms with van der Waals surface area (Å²) in [5.41, 5.74) is 1.72. The molecule has 1 atom stereocenters. The van der Waals surface area contributed by atoms with E-state index in [9.17, 15) is 8.78 Å². The van der Waals surface area contributed by atoms with Crippen molar-refractivity contribution in [3.8, 4) is 0 Å². The Labute approximate surface area is 124 Å². The second-order valence-corrected chi connectivity index (χ2v) is 6.24. The topological polar surface area (TPSA) is 29.9 Å². The Bertz CT molecular complexity index is 614. The van der Waals surface area contributed by atoms with Crippen LogP contribution in [0, 0.1) is 11.6 Å². The third-order valence-electron chi connectivity index (χ3n) is 3.38. The van der Waals surface area contributed by atoms with Gasteiger partial charge in [0.25, 0.3) is 0 Å². The number of rotatable bonds is 4. The van der Waals surface area contributed by atoms with Crippen molar-refractivity contribution in [1.82, 2.24) is 15.1 Å². The summed E-state index contributed by atoms with van der Waals surface area (Å²) in [7, 11) is 0.